The Balaban J connectivity index is 4.32. The van der Waals surface area contributed by atoms with Crippen LogP contribution in [0.1, 0.15) is 6.92 Å². The summed E-state index contributed by atoms with van der Waals surface area (Å²) in [7, 11) is -4.98. The zero-order chi connectivity index (χ0) is 11.5. The molecular formula is C5H11O8P. The van der Waals surface area contributed by atoms with Gasteiger partial charge in [0.1, 0.15) is 12.2 Å². The average Bonchev–Trinajstić information content (AvgIpc) is 1.98. The lowest BCUT2D eigenvalue weighted by Crippen LogP contribution is -2.42. The molecule has 0 heterocycles. The first kappa shape index (κ1) is 13.7. The first-order valence-electron chi connectivity index (χ1n) is 3.43. The monoisotopic (exact) mass is 230 g/mol. The summed E-state index contributed by atoms with van der Waals surface area (Å²) in [5, 5.41) is 26.6. The fourth-order valence-electron chi connectivity index (χ4n) is 0.599. The maximum atomic E-state index is 10.5. The Morgan fingerprint density at radius 1 is 1.29 bits per heavy atom. The number of carbonyl (C=O) groups excluding carboxylic acids is 1. The smallest absolute Gasteiger partial charge is 0.385 e. The number of aliphatic hydroxyl groups excluding tert-OH is 3. The third-order valence-corrected chi connectivity index (χ3v) is 1.77. The van der Waals surface area contributed by atoms with E-state index in [1.165, 1.54) is 0 Å². The van der Waals surface area contributed by atoms with Crippen molar-refractivity contribution in [2.75, 3.05) is 0 Å². The molecule has 5 N–H and O–H groups in total. The minimum absolute atomic E-state index is 0.870. The number of phosphoric acid groups is 1. The van der Waals surface area contributed by atoms with Crippen molar-refractivity contribution < 1.29 is 39.0 Å². The standard InChI is InChI=1S/C5H11O8P/c1-2(6)3(7)4(8)5(9)13-14(10,11)12/h3-5,7-9H,1H3,(H2,10,11,12). The molecule has 0 aromatic carbocycles. The van der Waals surface area contributed by atoms with Crippen LogP contribution in [0, 0.1) is 0 Å². The number of rotatable bonds is 5. The molecule has 0 aromatic heterocycles. The molecule has 0 fully saturated rings. The third-order valence-electron chi connectivity index (χ3n) is 1.28. The summed E-state index contributed by atoms with van der Waals surface area (Å²) >= 11 is 0. The first-order valence-corrected chi connectivity index (χ1v) is 4.97. The van der Waals surface area contributed by atoms with Crippen molar-refractivity contribution in [1.29, 1.82) is 0 Å². The molecule has 3 unspecified atom stereocenters. The number of phosphoric ester groups is 1. The predicted molar refractivity (Wildman–Crippen MR) is 41.8 cm³/mol. The maximum absolute atomic E-state index is 10.5. The van der Waals surface area contributed by atoms with Crippen LogP contribution in [0.5, 0.6) is 0 Å². The number of Topliss-reactive ketones (excluding diaryl/α,β-unsaturated/α-hetero) is 1. The van der Waals surface area contributed by atoms with Gasteiger partial charge in [0.25, 0.3) is 0 Å². The maximum Gasteiger partial charge on any atom is 0.472 e. The van der Waals surface area contributed by atoms with Crippen LogP contribution in [-0.2, 0) is 13.9 Å². The fourth-order valence-corrected chi connectivity index (χ4v) is 1.01. The highest BCUT2D eigenvalue weighted by molar-refractivity contribution is 7.46. The number of carbonyl (C=O) groups is 1. The van der Waals surface area contributed by atoms with Gasteiger partial charge >= 0.3 is 7.82 Å². The zero-order valence-corrected chi connectivity index (χ0v) is 8.03. The van der Waals surface area contributed by atoms with Gasteiger partial charge in [-0.3, -0.25) is 9.32 Å². The molecule has 3 atom stereocenters. The number of aliphatic hydroxyl groups is 3. The van der Waals surface area contributed by atoms with Gasteiger partial charge in [-0.05, 0) is 6.92 Å². The van der Waals surface area contributed by atoms with E-state index in [1.54, 1.807) is 0 Å². The summed E-state index contributed by atoms with van der Waals surface area (Å²) in [6.45, 7) is 0.929. The number of ketones is 1. The Morgan fingerprint density at radius 3 is 2.00 bits per heavy atom. The molecule has 9 heteroatoms. The highest BCUT2D eigenvalue weighted by atomic mass is 31.2. The van der Waals surface area contributed by atoms with Crippen LogP contribution in [0.25, 0.3) is 0 Å². The summed E-state index contributed by atoms with van der Waals surface area (Å²) in [5.41, 5.74) is 0. The van der Waals surface area contributed by atoms with Gasteiger partial charge in [-0.25, -0.2) is 4.57 Å². The van der Waals surface area contributed by atoms with Crippen molar-refractivity contribution in [3.8, 4) is 0 Å². The van der Waals surface area contributed by atoms with Gasteiger partial charge in [0.15, 0.2) is 12.1 Å². The Kier molecular flexibility index (Phi) is 4.82. The van der Waals surface area contributed by atoms with Crippen molar-refractivity contribution >= 4 is 13.6 Å². The van der Waals surface area contributed by atoms with Gasteiger partial charge in [0.2, 0.25) is 0 Å². The molecule has 14 heavy (non-hydrogen) atoms. The summed E-state index contributed by atoms with van der Waals surface area (Å²) < 4.78 is 13.8. The quantitative estimate of drug-likeness (QED) is 0.262. The number of hydrogen-bond donors (Lipinski definition) is 5. The van der Waals surface area contributed by atoms with Gasteiger partial charge in [-0.15, -0.1) is 0 Å². The third kappa shape index (κ3) is 4.77. The van der Waals surface area contributed by atoms with Crippen LogP contribution >= 0.6 is 7.82 Å². The molecule has 0 aromatic rings. The molecule has 0 aliphatic carbocycles. The van der Waals surface area contributed by atoms with Crippen LogP contribution in [0.2, 0.25) is 0 Å². The van der Waals surface area contributed by atoms with Crippen LogP contribution in [0.4, 0.5) is 0 Å². The minimum atomic E-state index is -4.98. The van der Waals surface area contributed by atoms with Gasteiger partial charge in [0, 0.05) is 0 Å². The summed E-state index contributed by atoms with van der Waals surface area (Å²) in [6.07, 6.45) is -6.41. The molecule has 0 bridgehead atoms. The first-order chi connectivity index (χ1) is 6.15. The molecule has 0 aliphatic rings. The average molecular weight is 230 g/mol. The second-order valence-corrected chi connectivity index (χ2v) is 3.72. The molecule has 8 nitrogen and oxygen atoms in total. The topological polar surface area (TPSA) is 145 Å². The lowest BCUT2D eigenvalue weighted by atomic mass is 10.1. The van der Waals surface area contributed by atoms with Crippen LogP contribution in [0.15, 0.2) is 0 Å². The van der Waals surface area contributed by atoms with Gasteiger partial charge in [-0.1, -0.05) is 0 Å². The second-order valence-electron chi connectivity index (χ2n) is 2.53. The largest absolute Gasteiger partial charge is 0.472 e. The molecule has 0 spiro atoms. The van der Waals surface area contributed by atoms with Gasteiger partial charge in [0.05, 0.1) is 0 Å². The normalized spacial score (nSPS) is 18.7. The molecule has 0 saturated carbocycles. The van der Waals surface area contributed by atoms with Crippen molar-refractivity contribution in [3.05, 3.63) is 0 Å². The predicted octanol–water partition coefficient (Wildman–Crippen LogP) is -2.28. The second kappa shape index (κ2) is 4.94. The van der Waals surface area contributed by atoms with Crippen molar-refractivity contribution in [2.45, 2.75) is 25.4 Å². The molecule has 0 aliphatic heterocycles. The zero-order valence-electron chi connectivity index (χ0n) is 7.14. The van der Waals surface area contributed by atoms with Crippen molar-refractivity contribution in [1.82, 2.24) is 0 Å². The van der Waals surface area contributed by atoms with Crippen LogP contribution in [0.3, 0.4) is 0 Å². The molecular weight excluding hydrogens is 219 g/mol. The van der Waals surface area contributed by atoms with Crippen LogP contribution < -0.4 is 0 Å². The van der Waals surface area contributed by atoms with E-state index in [-0.39, 0.29) is 0 Å². The van der Waals surface area contributed by atoms with E-state index < -0.39 is 32.1 Å². The van der Waals surface area contributed by atoms with Gasteiger partial charge < -0.3 is 25.1 Å². The van der Waals surface area contributed by atoms with E-state index in [0.717, 1.165) is 6.92 Å². The Morgan fingerprint density at radius 2 is 1.71 bits per heavy atom. The van der Waals surface area contributed by atoms with E-state index in [1.807, 2.05) is 0 Å². The SMILES string of the molecule is CC(=O)C(O)C(O)C(O)OP(=O)(O)O. The Bertz CT molecular complexity index is 246. The highest BCUT2D eigenvalue weighted by Crippen LogP contribution is 2.37. The van der Waals surface area contributed by atoms with Crippen molar-refractivity contribution in [3.63, 3.8) is 0 Å². The minimum Gasteiger partial charge on any atom is -0.385 e. The Hall–Kier alpha value is -0.340. The number of hydrogen-bond acceptors (Lipinski definition) is 6. The summed E-state index contributed by atoms with van der Waals surface area (Å²) in [6, 6.07) is 0. The Labute approximate surface area is 79.0 Å². The highest BCUT2D eigenvalue weighted by Gasteiger charge is 2.33. The summed E-state index contributed by atoms with van der Waals surface area (Å²) in [5.74, 6) is -0.870. The lowest BCUT2D eigenvalue weighted by Gasteiger charge is -2.21. The van der Waals surface area contributed by atoms with Crippen LogP contribution in [-0.4, -0.2) is 49.4 Å². The van der Waals surface area contributed by atoms with E-state index in [9.17, 15) is 9.36 Å². The lowest BCUT2D eigenvalue weighted by molar-refractivity contribution is -0.162. The summed E-state index contributed by atoms with van der Waals surface area (Å²) in [4.78, 5) is 26.9. The molecule has 0 saturated heterocycles. The van der Waals surface area contributed by atoms with Crippen molar-refractivity contribution in [2.24, 2.45) is 0 Å². The van der Waals surface area contributed by atoms with Gasteiger partial charge in [-0.2, -0.15) is 0 Å². The molecule has 0 rings (SSSR count). The van der Waals surface area contributed by atoms with E-state index in [2.05, 4.69) is 4.52 Å². The van der Waals surface area contributed by atoms with E-state index in [4.69, 9.17) is 25.1 Å². The fraction of sp³-hybridized carbons (Fsp3) is 0.800. The van der Waals surface area contributed by atoms with E-state index >= 15 is 0 Å². The van der Waals surface area contributed by atoms with E-state index in [0.29, 0.717) is 0 Å². The molecule has 84 valence electrons. The molecule has 0 radical (unpaired) electrons. The molecule has 0 amide bonds.